The highest BCUT2D eigenvalue weighted by Crippen LogP contribution is 2.62. The number of nitrogens with zero attached hydrogens (tertiary/aromatic N) is 3. The van der Waals surface area contributed by atoms with Crippen molar-refractivity contribution >= 4 is 57.2 Å². The molecule has 2 fully saturated rings. The molecule has 1 aromatic carbocycles. The average molecular weight is 670 g/mol. The predicted octanol–water partition coefficient (Wildman–Crippen LogP) is 0.959. The molecule has 0 radical (unpaired) electrons. The fourth-order valence-corrected chi connectivity index (χ4v) is 8.86. The first-order valence-electron chi connectivity index (χ1n) is 15.1. The zero-order chi connectivity index (χ0) is 35.0. The number of nitrogens with one attached hydrogen (secondary N) is 1. The number of hydrogen-bond donors (Lipinski definition) is 4. The molecule has 14 nitrogen and oxygen atoms in total. The Morgan fingerprint density at radius 1 is 1.15 bits per heavy atom. The maximum atomic E-state index is 14.5. The van der Waals surface area contributed by atoms with E-state index in [0.717, 1.165) is 11.3 Å². The van der Waals surface area contributed by atoms with Crippen molar-refractivity contribution in [1.29, 1.82) is 0 Å². The maximum absolute atomic E-state index is 14.5. The number of anilines is 2. The van der Waals surface area contributed by atoms with Crippen molar-refractivity contribution in [3.8, 4) is 5.75 Å². The number of aliphatic hydroxyl groups is 1. The highest BCUT2D eigenvalue weighted by atomic mass is 32.1. The summed E-state index contributed by atoms with van der Waals surface area (Å²) < 4.78 is 4.98. The number of phenols is 1. The van der Waals surface area contributed by atoms with Gasteiger partial charge in [-0.25, -0.2) is 9.78 Å². The molecule has 252 valence electrons. The van der Waals surface area contributed by atoms with Crippen LogP contribution in [0, 0.1) is 22.7 Å². The molecule has 2 saturated carbocycles. The summed E-state index contributed by atoms with van der Waals surface area (Å²) in [6.45, 7) is 5.04. The van der Waals surface area contributed by atoms with Crippen LogP contribution in [0.2, 0.25) is 0 Å². The van der Waals surface area contributed by atoms with Gasteiger partial charge in [0.15, 0.2) is 45.5 Å². The van der Waals surface area contributed by atoms with Crippen LogP contribution in [-0.4, -0.2) is 102 Å². The van der Waals surface area contributed by atoms with Crippen molar-refractivity contribution in [3.63, 3.8) is 0 Å². The Bertz CT molecular complexity index is 1740. The number of phenolic OH excluding ortho intramolecular Hbond substituents is 1. The van der Waals surface area contributed by atoms with Crippen LogP contribution in [0.4, 0.5) is 10.8 Å². The highest BCUT2D eigenvalue weighted by Gasteiger charge is 2.76. The first kappa shape index (κ1) is 34.1. The predicted molar refractivity (Wildman–Crippen MR) is 170 cm³/mol. The molecule has 0 aliphatic heterocycles. The Labute approximate surface area is 275 Å². The highest BCUT2D eigenvalue weighted by molar-refractivity contribution is 7.13. The molecule has 0 saturated heterocycles. The Hall–Kier alpha value is -4.21. The van der Waals surface area contributed by atoms with Gasteiger partial charge in [0.1, 0.15) is 5.75 Å². The van der Waals surface area contributed by atoms with Crippen molar-refractivity contribution in [1.82, 2.24) is 9.88 Å². The number of fused-ring (bicyclic) bond motifs is 3. The van der Waals surface area contributed by atoms with Crippen LogP contribution in [0.25, 0.3) is 0 Å². The zero-order valence-corrected chi connectivity index (χ0v) is 28.1. The van der Waals surface area contributed by atoms with Gasteiger partial charge in [-0.1, -0.05) is 13.8 Å². The number of rotatable bonds is 8. The number of benzene rings is 1. The molecule has 15 heteroatoms. The van der Waals surface area contributed by atoms with E-state index in [1.54, 1.807) is 53.0 Å². The van der Waals surface area contributed by atoms with E-state index in [4.69, 9.17) is 10.5 Å². The van der Waals surface area contributed by atoms with Gasteiger partial charge in [0.25, 0.3) is 0 Å². The number of esters is 1. The van der Waals surface area contributed by atoms with Crippen LogP contribution in [-0.2, 0) is 36.9 Å². The lowest BCUT2D eigenvalue weighted by molar-refractivity contribution is -0.203. The summed E-state index contributed by atoms with van der Waals surface area (Å²) in [4.78, 5) is 88.2. The molecule has 2 unspecified atom stereocenters. The number of aromatic hydroxyl groups is 1. The molecule has 1 amide bonds. The van der Waals surface area contributed by atoms with E-state index in [9.17, 15) is 39.0 Å². The fraction of sp³-hybridized carbons (Fsp3) is 0.531. The van der Waals surface area contributed by atoms with Gasteiger partial charge in [0.05, 0.1) is 24.1 Å². The molecule has 6 atom stereocenters. The normalized spacial score (nSPS) is 30.0. The fourth-order valence-electron chi connectivity index (χ4n) is 8.18. The van der Waals surface area contributed by atoms with Gasteiger partial charge in [-0.2, -0.15) is 0 Å². The third-order valence-electron chi connectivity index (χ3n) is 9.94. The summed E-state index contributed by atoms with van der Waals surface area (Å²) in [5, 5.41) is 28.6. The van der Waals surface area contributed by atoms with Crippen molar-refractivity contribution in [3.05, 3.63) is 33.8 Å². The van der Waals surface area contributed by atoms with E-state index in [1.807, 2.05) is 0 Å². The summed E-state index contributed by atoms with van der Waals surface area (Å²) in [5.74, 6) is -9.93. The lowest BCUT2D eigenvalue weighted by atomic mass is 9.42. The topological polar surface area (TPSA) is 210 Å². The maximum Gasteiger partial charge on any atom is 0.357 e. The van der Waals surface area contributed by atoms with Crippen LogP contribution in [0.15, 0.2) is 11.4 Å². The molecule has 1 aromatic heterocycles. The molecule has 3 aliphatic rings. The largest absolute Gasteiger partial charge is 0.507 e. The number of amides is 1. The van der Waals surface area contributed by atoms with E-state index in [2.05, 4.69) is 10.3 Å². The number of carbonyl (C=O) groups is 6. The number of likely N-dealkylation sites (N-methyl/N-ethyl adjacent to an activating group) is 1. The van der Waals surface area contributed by atoms with Gasteiger partial charge >= 0.3 is 5.97 Å². The lowest BCUT2D eigenvalue weighted by Gasteiger charge is -2.61. The third-order valence-corrected chi connectivity index (χ3v) is 10.7. The Balaban J connectivity index is 1.61. The first-order chi connectivity index (χ1) is 21.8. The van der Waals surface area contributed by atoms with Crippen molar-refractivity contribution in [2.75, 3.05) is 45.0 Å². The molecular weight excluding hydrogens is 630 g/mol. The third kappa shape index (κ3) is 4.85. The number of thiazole rings is 1. The Kier molecular flexibility index (Phi) is 8.34. The number of ether oxygens (including phenoxy) is 1. The number of aromatic nitrogens is 1. The molecule has 3 aliphatic carbocycles. The van der Waals surface area contributed by atoms with Gasteiger partial charge in [-0.15, -0.1) is 11.3 Å². The molecule has 2 aromatic rings. The van der Waals surface area contributed by atoms with Crippen molar-refractivity contribution < 1.29 is 43.7 Å². The number of carbonyl (C=O) groups excluding carboxylic acids is 6. The standard InChI is InChI=1S/C32H39N5O9S/c1-8-46-28(44)16-12-47-29(35-16)34-11-14-9-17(36(4)5)15-10-30(2)13-31(3)24(37(6)7)23(40)19(27(33)43)25(41)32(31,45)26(42)20(30)22(39)18(15)21(14)38/h9,12,19-20,24,38,45H,8,10-11,13H2,1-7H3,(H2,33,43)(H,34,35)/t19?,20?,24-,30+,31+,32-/m1/s1. The van der Waals surface area contributed by atoms with E-state index < -0.39 is 69.3 Å². The first-order valence-corrected chi connectivity index (χ1v) is 16.0. The van der Waals surface area contributed by atoms with Crippen molar-refractivity contribution in [2.24, 2.45) is 28.4 Å². The number of primary amides is 1. The van der Waals surface area contributed by atoms with Gasteiger partial charge < -0.3 is 30.9 Å². The number of ketones is 4. The van der Waals surface area contributed by atoms with E-state index >= 15 is 0 Å². The van der Waals surface area contributed by atoms with Crippen LogP contribution in [0.3, 0.4) is 0 Å². The molecule has 0 bridgehead atoms. The second kappa shape index (κ2) is 11.5. The van der Waals surface area contributed by atoms with Crippen LogP contribution in [0.5, 0.6) is 5.75 Å². The summed E-state index contributed by atoms with van der Waals surface area (Å²) in [7, 11) is 6.63. The zero-order valence-electron chi connectivity index (χ0n) is 27.3. The summed E-state index contributed by atoms with van der Waals surface area (Å²) in [5.41, 5.74) is 1.05. The van der Waals surface area contributed by atoms with Gasteiger partial charge in [0, 0.05) is 42.7 Å². The summed E-state index contributed by atoms with van der Waals surface area (Å²) in [6.07, 6.45) is -0.00420. The average Bonchev–Trinajstić information content (AvgIpc) is 3.43. The van der Waals surface area contributed by atoms with E-state index in [1.165, 1.54) is 17.2 Å². The monoisotopic (exact) mass is 669 g/mol. The van der Waals surface area contributed by atoms with E-state index in [-0.39, 0.29) is 43.0 Å². The number of hydrogen-bond acceptors (Lipinski definition) is 14. The minimum Gasteiger partial charge on any atom is -0.507 e. The van der Waals surface area contributed by atoms with Gasteiger partial charge in [0.2, 0.25) is 5.91 Å². The second-order valence-electron chi connectivity index (χ2n) is 13.5. The molecule has 5 N–H and O–H groups in total. The molecular formula is C32H39N5O9S. The Morgan fingerprint density at radius 3 is 2.38 bits per heavy atom. The van der Waals surface area contributed by atoms with Crippen LogP contribution < -0.4 is 16.0 Å². The smallest absolute Gasteiger partial charge is 0.357 e. The van der Waals surface area contributed by atoms with Gasteiger partial charge in [-0.05, 0) is 50.9 Å². The lowest BCUT2D eigenvalue weighted by Crippen LogP contribution is -2.79. The summed E-state index contributed by atoms with van der Waals surface area (Å²) in [6, 6.07) is 0.473. The molecule has 1 heterocycles. The SMILES string of the molecule is CCOC(=O)c1csc(NCc2cc(N(C)C)c3c(c2O)C(=O)C2C(=O)[C@]4(O)C(=O)C(C(N)=O)C(=O)[C@@H](N(C)C)[C@]4(C)C[C@]2(C)C3)n1. The number of nitrogens with two attached hydrogens (primary N) is 1. The van der Waals surface area contributed by atoms with E-state index in [0.29, 0.717) is 21.9 Å². The van der Waals surface area contributed by atoms with Crippen LogP contribution >= 0.6 is 11.3 Å². The van der Waals surface area contributed by atoms with Gasteiger partial charge in [-0.3, -0.25) is 28.9 Å². The molecule has 47 heavy (non-hydrogen) atoms. The Morgan fingerprint density at radius 2 is 1.81 bits per heavy atom. The number of Topliss-reactive ketones (excluding diaryl/α,β-unsaturated/α-hetero) is 4. The molecule has 5 rings (SSSR count). The quantitative estimate of drug-likeness (QED) is 0.228. The van der Waals surface area contributed by atoms with Crippen molar-refractivity contribution in [2.45, 2.75) is 51.8 Å². The minimum absolute atomic E-state index is 0.00763. The summed E-state index contributed by atoms with van der Waals surface area (Å²) >= 11 is 1.15. The van der Waals surface area contributed by atoms with Crippen LogP contribution in [0.1, 0.15) is 59.2 Å². The minimum atomic E-state index is -2.88. The molecule has 0 spiro atoms. The second-order valence-corrected chi connectivity index (χ2v) is 14.4.